The molecular formula is C39H32O6. The van der Waals surface area contributed by atoms with Gasteiger partial charge in [0.15, 0.2) is 0 Å². The molecule has 0 N–H and O–H groups in total. The lowest BCUT2D eigenvalue weighted by Crippen LogP contribution is -2.29. The second-order valence-electron chi connectivity index (χ2n) is 12.0. The van der Waals surface area contributed by atoms with Gasteiger partial charge in [0, 0.05) is 28.4 Å². The molecule has 0 amide bonds. The molecule has 6 nitrogen and oxygen atoms in total. The quantitative estimate of drug-likeness (QED) is 0.146. The van der Waals surface area contributed by atoms with Crippen LogP contribution in [0.2, 0.25) is 0 Å². The van der Waals surface area contributed by atoms with E-state index in [1.165, 1.54) is 18.2 Å². The zero-order chi connectivity index (χ0) is 31.3. The number of benzene rings is 5. The molecule has 0 heterocycles. The molecule has 3 aliphatic rings. The fourth-order valence-corrected chi connectivity index (χ4v) is 6.82. The van der Waals surface area contributed by atoms with Crippen molar-refractivity contribution in [3.63, 3.8) is 0 Å². The summed E-state index contributed by atoms with van der Waals surface area (Å²) in [5.41, 5.74) is 9.30. The number of aryl methyl sites for hydroxylation is 1. The van der Waals surface area contributed by atoms with E-state index in [0.717, 1.165) is 38.9 Å². The van der Waals surface area contributed by atoms with Crippen molar-refractivity contribution in [2.45, 2.75) is 38.0 Å². The maximum Gasteiger partial charge on any atom is 0.519 e. The topological polar surface area (TPSA) is 71.1 Å². The van der Waals surface area contributed by atoms with E-state index in [2.05, 4.69) is 69.3 Å². The number of ether oxygens (including phenoxy) is 4. The van der Waals surface area contributed by atoms with Crippen molar-refractivity contribution < 1.29 is 28.5 Å². The largest absolute Gasteiger partial charge is 0.519 e. The average molecular weight is 597 g/mol. The summed E-state index contributed by atoms with van der Waals surface area (Å²) in [7, 11) is 1.27. The van der Waals surface area contributed by atoms with E-state index >= 15 is 0 Å². The van der Waals surface area contributed by atoms with Crippen LogP contribution in [0, 0.1) is 6.92 Å². The number of methoxy groups -OCH3 is 1. The fourth-order valence-electron chi connectivity index (χ4n) is 6.82. The van der Waals surface area contributed by atoms with Gasteiger partial charge in [-0.1, -0.05) is 104 Å². The third-order valence-corrected chi connectivity index (χ3v) is 9.12. The van der Waals surface area contributed by atoms with Crippen LogP contribution >= 0.6 is 0 Å². The Hall–Kier alpha value is -5.36. The number of hydrogen-bond acceptors (Lipinski definition) is 6. The van der Waals surface area contributed by atoms with Crippen molar-refractivity contribution >= 4 is 12.3 Å². The number of carbonyl (C=O) groups excluding carboxylic acids is 2. The number of rotatable bonds is 5. The predicted molar refractivity (Wildman–Crippen MR) is 171 cm³/mol. The zero-order valence-corrected chi connectivity index (χ0v) is 25.5. The maximum atomic E-state index is 13.3. The molecular weight excluding hydrogens is 564 g/mol. The molecule has 0 unspecified atom stereocenters. The fraction of sp³-hybridized carbons (Fsp3) is 0.179. The van der Waals surface area contributed by atoms with Gasteiger partial charge in [0.2, 0.25) is 0 Å². The first-order chi connectivity index (χ1) is 21.8. The minimum atomic E-state index is -0.854. The van der Waals surface area contributed by atoms with Gasteiger partial charge >= 0.3 is 12.3 Å². The molecule has 0 saturated carbocycles. The van der Waals surface area contributed by atoms with E-state index in [1.54, 1.807) is 24.3 Å². The summed E-state index contributed by atoms with van der Waals surface area (Å²) in [5.74, 6) is 0.637. The van der Waals surface area contributed by atoms with E-state index in [9.17, 15) is 9.59 Å². The van der Waals surface area contributed by atoms with Gasteiger partial charge in [-0.3, -0.25) is 0 Å². The normalized spacial score (nSPS) is 15.7. The summed E-state index contributed by atoms with van der Waals surface area (Å²) in [4.78, 5) is 25.5. The standard InChI is InChI=1S/C39H32O6/c1-23-13-15-24(16-14-23)39(2,3)25-17-19-26(20-18-25)43-38(41)45-32-22-21-31(44-37(40)42-4)35-33-27-9-5-7-11-29(27)34(36(32)35)30-12-8-6-10-28(30)33/h5-22,33-34H,1-4H3. The second kappa shape index (κ2) is 11.0. The summed E-state index contributed by atoms with van der Waals surface area (Å²) in [6.07, 6.45) is -1.67. The van der Waals surface area contributed by atoms with Crippen LogP contribution < -0.4 is 14.2 Å². The first-order valence-corrected chi connectivity index (χ1v) is 14.9. The van der Waals surface area contributed by atoms with Crippen LogP contribution in [0.1, 0.15) is 75.8 Å². The lowest BCUT2D eigenvalue weighted by Gasteiger charge is -2.43. The highest BCUT2D eigenvalue weighted by Crippen LogP contribution is 2.60. The van der Waals surface area contributed by atoms with Crippen LogP contribution in [0.25, 0.3) is 0 Å². The Kier molecular flexibility index (Phi) is 6.93. The second-order valence-corrected chi connectivity index (χ2v) is 12.0. The molecule has 5 aromatic rings. The SMILES string of the molecule is COC(=O)Oc1ccc(OC(=O)Oc2ccc(C(C)(C)c3ccc(C)cc3)cc2)c2c1C1c3ccccc3C2c2ccccc21. The minimum absolute atomic E-state index is 0.221. The van der Waals surface area contributed by atoms with Crippen LogP contribution in [-0.4, -0.2) is 19.4 Å². The van der Waals surface area contributed by atoms with E-state index in [1.807, 2.05) is 36.4 Å². The summed E-state index contributed by atoms with van der Waals surface area (Å²) >= 11 is 0. The number of carbonyl (C=O) groups is 2. The molecule has 0 aromatic heterocycles. The summed E-state index contributed by atoms with van der Waals surface area (Å²) in [5, 5.41) is 0. The highest BCUT2D eigenvalue weighted by Gasteiger charge is 2.45. The third kappa shape index (κ3) is 4.83. The van der Waals surface area contributed by atoms with E-state index in [0.29, 0.717) is 17.2 Å². The summed E-state index contributed by atoms with van der Waals surface area (Å²) in [6.45, 7) is 6.41. The summed E-state index contributed by atoms with van der Waals surface area (Å²) < 4.78 is 22.1. The third-order valence-electron chi connectivity index (χ3n) is 9.12. The zero-order valence-electron chi connectivity index (χ0n) is 25.5. The van der Waals surface area contributed by atoms with Crippen molar-refractivity contribution in [2.24, 2.45) is 0 Å². The van der Waals surface area contributed by atoms with Gasteiger partial charge in [0.1, 0.15) is 17.2 Å². The lowest BCUT2D eigenvalue weighted by molar-refractivity contribution is 0.120. The Morgan fingerprint density at radius 3 is 1.42 bits per heavy atom. The monoisotopic (exact) mass is 596 g/mol. The smallest absolute Gasteiger partial charge is 0.437 e. The maximum absolute atomic E-state index is 13.3. The lowest BCUT2D eigenvalue weighted by atomic mass is 9.60. The van der Waals surface area contributed by atoms with Crippen molar-refractivity contribution in [3.8, 4) is 17.2 Å². The first-order valence-electron chi connectivity index (χ1n) is 14.9. The molecule has 0 atom stereocenters. The molecule has 8 rings (SSSR count). The highest BCUT2D eigenvalue weighted by atomic mass is 16.7. The molecule has 5 aromatic carbocycles. The highest BCUT2D eigenvalue weighted by molar-refractivity contribution is 5.77. The van der Waals surface area contributed by atoms with E-state index in [4.69, 9.17) is 18.9 Å². The molecule has 0 aliphatic heterocycles. The molecule has 6 heteroatoms. The Balaban J connectivity index is 1.21. The van der Waals surface area contributed by atoms with Gasteiger partial charge in [-0.2, -0.15) is 0 Å². The van der Waals surface area contributed by atoms with Crippen molar-refractivity contribution in [1.29, 1.82) is 0 Å². The molecule has 224 valence electrons. The Bertz CT molecular complexity index is 1890. The van der Waals surface area contributed by atoms with E-state index in [-0.39, 0.29) is 17.3 Å². The van der Waals surface area contributed by atoms with Crippen LogP contribution in [-0.2, 0) is 10.2 Å². The van der Waals surface area contributed by atoms with Crippen LogP contribution in [0.3, 0.4) is 0 Å². The molecule has 0 spiro atoms. The molecule has 0 saturated heterocycles. The van der Waals surface area contributed by atoms with Gasteiger partial charge in [-0.05, 0) is 64.6 Å². The summed E-state index contributed by atoms with van der Waals surface area (Å²) in [6, 6.07) is 35.7. The first kappa shape index (κ1) is 28.4. The van der Waals surface area contributed by atoms with Gasteiger partial charge in [-0.15, -0.1) is 0 Å². The van der Waals surface area contributed by atoms with Crippen molar-refractivity contribution in [1.82, 2.24) is 0 Å². The van der Waals surface area contributed by atoms with Crippen LogP contribution in [0.15, 0.2) is 109 Å². The molecule has 0 radical (unpaired) electrons. The molecule has 2 bridgehead atoms. The van der Waals surface area contributed by atoms with Crippen molar-refractivity contribution in [3.05, 3.63) is 159 Å². The molecule has 45 heavy (non-hydrogen) atoms. The average Bonchev–Trinajstić information content (AvgIpc) is 3.06. The molecule has 0 fully saturated rings. The van der Waals surface area contributed by atoms with Gasteiger partial charge in [0.25, 0.3) is 0 Å². The van der Waals surface area contributed by atoms with Gasteiger partial charge in [0.05, 0.1) is 7.11 Å². The van der Waals surface area contributed by atoms with Crippen molar-refractivity contribution in [2.75, 3.05) is 7.11 Å². The van der Waals surface area contributed by atoms with Gasteiger partial charge < -0.3 is 18.9 Å². The number of hydrogen-bond donors (Lipinski definition) is 0. The molecule has 3 aliphatic carbocycles. The van der Waals surface area contributed by atoms with E-state index < -0.39 is 12.3 Å². The Morgan fingerprint density at radius 1 is 0.556 bits per heavy atom. The Morgan fingerprint density at radius 2 is 0.978 bits per heavy atom. The Labute approximate surface area is 262 Å². The predicted octanol–water partition coefficient (Wildman–Crippen LogP) is 9.03. The van der Waals surface area contributed by atoms with Crippen LogP contribution in [0.4, 0.5) is 9.59 Å². The minimum Gasteiger partial charge on any atom is -0.437 e. The van der Waals surface area contributed by atoms with Crippen LogP contribution in [0.5, 0.6) is 17.2 Å². The van der Waals surface area contributed by atoms with Gasteiger partial charge in [-0.25, -0.2) is 9.59 Å².